The lowest BCUT2D eigenvalue weighted by Gasteiger charge is -2.19. The predicted molar refractivity (Wildman–Crippen MR) is 104 cm³/mol. The largest absolute Gasteiger partial charge is 0.497 e. The van der Waals surface area contributed by atoms with Crippen molar-refractivity contribution in [2.75, 3.05) is 30.4 Å². The minimum atomic E-state index is 0.826. The van der Waals surface area contributed by atoms with Gasteiger partial charge in [0.15, 0.2) is 0 Å². The van der Waals surface area contributed by atoms with Crippen molar-refractivity contribution in [3.8, 4) is 5.75 Å². The number of hydrogen-bond donors (Lipinski definition) is 1. The minimum Gasteiger partial charge on any atom is -0.497 e. The van der Waals surface area contributed by atoms with E-state index in [4.69, 9.17) is 4.74 Å². The van der Waals surface area contributed by atoms with Gasteiger partial charge in [-0.25, -0.2) is 0 Å². The van der Waals surface area contributed by atoms with Gasteiger partial charge in [-0.3, -0.25) is 4.98 Å². The van der Waals surface area contributed by atoms with Crippen LogP contribution in [0.15, 0.2) is 48.5 Å². The third-order valence-corrected chi connectivity index (χ3v) is 4.74. The van der Waals surface area contributed by atoms with Gasteiger partial charge in [-0.2, -0.15) is 0 Å². The van der Waals surface area contributed by atoms with Crippen molar-refractivity contribution >= 4 is 28.0 Å². The molecule has 0 saturated carbocycles. The Morgan fingerprint density at radius 2 is 1.88 bits per heavy atom. The molecule has 25 heavy (non-hydrogen) atoms. The molecule has 128 valence electrons. The Kier molecular flexibility index (Phi) is 4.18. The van der Waals surface area contributed by atoms with Crippen molar-refractivity contribution in [3.63, 3.8) is 0 Å². The van der Waals surface area contributed by atoms with Gasteiger partial charge in [-0.05, 0) is 56.2 Å². The van der Waals surface area contributed by atoms with E-state index in [0.29, 0.717) is 0 Å². The summed E-state index contributed by atoms with van der Waals surface area (Å²) in [6, 6.07) is 16.8. The van der Waals surface area contributed by atoms with Crippen molar-refractivity contribution < 1.29 is 4.74 Å². The molecule has 4 nitrogen and oxygen atoms in total. The number of methoxy groups -OCH3 is 1. The maximum atomic E-state index is 5.33. The van der Waals surface area contributed by atoms with Crippen molar-refractivity contribution in [2.45, 2.75) is 19.8 Å². The fraction of sp³-hybridized carbons (Fsp3) is 0.286. The fourth-order valence-electron chi connectivity index (χ4n) is 3.48. The van der Waals surface area contributed by atoms with Crippen LogP contribution in [-0.4, -0.2) is 25.2 Å². The summed E-state index contributed by atoms with van der Waals surface area (Å²) in [5, 5.41) is 4.68. The number of aromatic nitrogens is 1. The highest BCUT2D eigenvalue weighted by Crippen LogP contribution is 2.30. The van der Waals surface area contributed by atoms with E-state index in [1.165, 1.54) is 18.5 Å². The average Bonchev–Trinajstić information content (AvgIpc) is 3.16. The molecule has 4 heteroatoms. The second-order valence-corrected chi connectivity index (χ2v) is 6.56. The molecule has 0 aliphatic carbocycles. The van der Waals surface area contributed by atoms with Gasteiger partial charge < -0.3 is 15.0 Å². The Bertz CT molecular complexity index is 901. The maximum Gasteiger partial charge on any atom is 0.121 e. The number of anilines is 3. The van der Waals surface area contributed by atoms with Gasteiger partial charge >= 0.3 is 0 Å². The quantitative estimate of drug-likeness (QED) is 0.737. The lowest BCUT2D eigenvalue weighted by molar-refractivity contribution is 0.415. The molecule has 0 unspecified atom stereocenters. The number of pyridine rings is 1. The standard InChI is InChI=1S/C21H23N3O/c1-15-12-20(19-9-8-18(25-2)14-21(19)22-15)23-16-6-5-7-17(13-16)24-10-3-4-11-24/h5-9,12-14H,3-4,10-11H2,1-2H3,(H,22,23). The molecule has 1 aliphatic rings. The fourth-order valence-corrected chi connectivity index (χ4v) is 3.48. The Hall–Kier alpha value is -2.75. The second-order valence-electron chi connectivity index (χ2n) is 6.56. The Morgan fingerprint density at radius 3 is 2.68 bits per heavy atom. The predicted octanol–water partition coefficient (Wildman–Crippen LogP) is 4.90. The van der Waals surface area contributed by atoms with Crippen LogP contribution >= 0.6 is 0 Å². The number of aryl methyl sites for hydroxylation is 1. The summed E-state index contributed by atoms with van der Waals surface area (Å²) < 4.78 is 5.33. The van der Waals surface area contributed by atoms with Gasteiger partial charge in [0.1, 0.15) is 5.75 Å². The van der Waals surface area contributed by atoms with Crippen molar-refractivity contribution in [3.05, 3.63) is 54.2 Å². The van der Waals surface area contributed by atoms with E-state index in [1.807, 2.05) is 19.1 Å². The summed E-state index contributed by atoms with van der Waals surface area (Å²) in [6.45, 7) is 4.33. The smallest absolute Gasteiger partial charge is 0.121 e. The van der Waals surface area contributed by atoms with Crippen LogP contribution in [0.2, 0.25) is 0 Å². The van der Waals surface area contributed by atoms with Gasteiger partial charge in [0, 0.05) is 47.3 Å². The number of rotatable bonds is 4. The van der Waals surface area contributed by atoms with E-state index in [2.05, 4.69) is 51.6 Å². The number of fused-ring (bicyclic) bond motifs is 1. The number of ether oxygens (including phenoxy) is 1. The Labute approximate surface area is 148 Å². The molecule has 1 saturated heterocycles. The molecule has 0 amide bonds. The molecule has 0 radical (unpaired) electrons. The highest BCUT2D eigenvalue weighted by molar-refractivity contribution is 5.94. The topological polar surface area (TPSA) is 37.4 Å². The lowest BCUT2D eigenvalue weighted by Crippen LogP contribution is -2.17. The van der Waals surface area contributed by atoms with Crippen LogP contribution in [0.25, 0.3) is 10.9 Å². The third kappa shape index (κ3) is 3.25. The first kappa shape index (κ1) is 15.8. The third-order valence-electron chi connectivity index (χ3n) is 4.74. The molecule has 4 rings (SSSR count). The normalized spacial score (nSPS) is 14.1. The summed E-state index contributed by atoms with van der Waals surface area (Å²) in [7, 11) is 1.68. The maximum absolute atomic E-state index is 5.33. The lowest BCUT2D eigenvalue weighted by atomic mass is 10.1. The number of hydrogen-bond acceptors (Lipinski definition) is 4. The molecule has 1 N–H and O–H groups in total. The zero-order valence-corrected chi connectivity index (χ0v) is 14.7. The average molecular weight is 333 g/mol. The summed E-state index contributed by atoms with van der Waals surface area (Å²) >= 11 is 0. The van der Waals surface area contributed by atoms with Crippen molar-refractivity contribution in [1.82, 2.24) is 4.98 Å². The van der Waals surface area contributed by atoms with E-state index in [0.717, 1.165) is 46.8 Å². The molecule has 0 spiro atoms. The molecule has 2 heterocycles. The van der Waals surface area contributed by atoms with Gasteiger partial charge in [0.2, 0.25) is 0 Å². The molecule has 0 atom stereocenters. The molecule has 1 aromatic heterocycles. The SMILES string of the molecule is COc1ccc2c(Nc3cccc(N4CCCC4)c3)cc(C)nc2c1. The zero-order chi connectivity index (χ0) is 17.2. The van der Waals surface area contributed by atoms with Crippen molar-refractivity contribution in [2.24, 2.45) is 0 Å². The molecule has 0 bridgehead atoms. The second kappa shape index (κ2) is 6.63. The number of benzene rings is 2. The van der Waals surface area contributed by atoms with Crippen LogP contribution in [0.3, 0.4) is 0 Å². The highest BCUT2D eigenvalue weighted by atomic mass is 16.5. The van der Waals surface area contributed by atoms with E-state index in [9.17, 15) is 0 Å². The zero-order valence-electron chi connectivity index (χ0n) is 14.7. The van der Waals surface area contributed by atoms with Gasteiger partial charge in [0.25, 0.3) is 0 Å². The minimum absolute atomic E-state index is 0.826. The summed E-state index contributed by atoms with van der Waals surface area (Å²) in [5.41, 5.74) is 5.39. The Balaban J connectivity index is 1.69. The van der Waals surface area contributed by atoms with Gasteiger partial charge in [0.05, 0.1) is 12.6 Å². The molecule has 2 aromatic carbocycles. The van der Waals surface area contributed by atoms with Gasteiger partial charge in [-0.1, -0.05) is 6.07 Å². The van der Waals surface area contributed by atoms with E-state index in [1.54, 1.807) is 7.11 Å². The molecule has 1 fully saturated rings. The molecular weight excluding hydrogens is 310 g/mol. The summed E-state index contributed by atoms with van der Waals surface area (Å²) in [6.07, 6.45) is 2.57. The van der Waals surface area contributed by atoms with Crippen LogP contribution in [0.5, 0.6) is 5.75 Å². The number of nitrogens with zero attached hydrogens (tertiary/aromatic N) is 2. The first-order valence-corrected chi connectivity index (χ1v) is 8.80. The molecular formula is C21H23N3O. The van der Waals surface area contributed by atoms with Crippen LogP contribution in [0.1, 0.15) is 18.5 Å². The summed E-state index contributed by atoms with van der Waals surface area (Å²) in [4.78, 5) is 7.09. The van der Waals surface area contributed by atoms with Gasteiger partial charge in [-0.15, -0.1) is 0 Å². The monoisotopic (exact) mass is 333 g/mol. The highest BCUT2D eigenvalue weighted by Gasteiger charge is 2.13. The van der Waals surface area contributed by atoms with Crippen LogP contribution < -0.4 is 15.0 Å². The summed E-state index contributed by atoms with van der Waals surface area (Å²) in [5.74, 6) is 0.826. The molecule has 3 aromatic rings. The van der Waals surface area contributed by atoms with Crippen LogP contribution in [-0.2, 0) is 0 Å². The van der Waals surface area contributed by atoms with E-state index < -0.39 is 0 Å². The Morgan fingerprint density at radius 1 is 1.04 bits per heavy atom. The van der Waals surface area contributed by atoms with E-state index in [-0.39, 0.29) is 0 Å². The molecule has 1 aliphatic heterocycles. The van der Waals surface area contributed by atoms with Crippen LogP contribution in [0.4, 0.5) is 17.1 Å². The van der Waals surface area contributed by atoms with Crippen molar-refractivity contribution in [1.29, 1.82) is 0 Å². The van der Waals surface area contributed by atoms with E-state index >= 15 is 0 Å². The van der Waals surface area contributed by atoms with Crippen LogP contribution in [0, 0.1) is 6.92 Å². The number of nitrogens with one attached hydrogen (secondary N) is 1. The first-order chi connectivity index (χ1) is 12.2. The first-order valence-electron chi connectivity index (χ1n) is 8.80.